The van der Waals surface area contributed by atoms with Crippen LogP contribution in [0.4, 0.5) is 0 Å². The molecule has 0 spiro atoms. The van der Waals surface area contributed by atoms with E-state index in [1.54, 1.807) is 0 Å². The van der Waals surface area contributed by atoms with Gasteiger partial charge in [0, 0.05) is 13.1 Å². The third kappa shape index (κ3) is 4.78. The van der Waals surface area contributed by atoms with E-state index >= 15 is 0 Å². The summed E-state index contributed by atoms with van der Waals surface area (Å²) in [4.78, 5) is 23.2. The summed E-state index contributed by atoms with van der Waals surface area (Å²) in [5.41, 5.74) is 0. The van der Waals surface area contributed by atoms with Crippen molar-refractivity contribution in [2.75, 3.05) is 26.2 Å². The van der Waals surface area contributed by atoms with Crippen molar-refractivity contribution in [1.82, 2.24) is 10.2 Å². The van der Waals surface area contributed by atoms with E-state index in [0.29, 0.717) is 6.54 Å². The number of hydrogen-bond acceptors (Lipinski definition) is 3. The molecule has 0 atom stereocenters. The lowest BCUT2D eigenvalue weighted by atomic mass is 10.2. The Morgan fingerprint density at radius 3 is 2.27 bits per heavy atom. The predicted octanol–water partition coefficient (Wildman–Crippen LogP) is 0.0632. The molecule has 86 valence electrons. The standard InChI is InChI=1S/C10H18N2O3/c13-9(10(14)15)11-5-8-12-6-3-1-2-4-7-12/h1-8H2,(H,11,13)(H,14,15). The lowest BCUT2D eigenvalue weighted by Gasteiger charge is -2.19. The van der Waals surface area contributed by atoms with Crippen molar-refractivity contribution in [2.24, 2.45) is 0 Å². The van der Waals surface area contributed by atoms with Crippen LogP contribution >= 0.6 is 0 Å². The summed E-state index contributed by atoms with van der Waals surface area (Å²) in [5.74, 6) is -2.32. The number of aliphatic carboxylic acids is 1. The number of carbonyl (C=O) groups excluding carboxylic acids is 1. The van der Waals surface area contributed by atoms with Crippen molar-refractivity contribution in [3.8, 4) is 0 Å². The van der Waals surface area contributed by atoms with E-state index in [-0.39, 0.29) is 0 Å². The fourth-order valence-corrected chi connectivity index (χ4v) is 1.76. The Morgan fingerprint density at radius 2 is 1.73 bits per heavy atom. The van der Waals surface area contributed by atoms with Crippen molar-refractivity contribution >= 4 is 11.9 Å². The van der Waals surface area contributed by atoms with Gasteiger partial charge in [0.05, 0.1) is 0 Å². The third-order valence-corrected chi connectivity index (χ3v) is 2.61. The molecule has 1 heterocycles. The van der Waals surface area contributed by atoms with Crippen LogP contribution in [0.15, 0.2) is 0 Å². The number of hydrogen-bond donors (Lipinski definition) is 2. The first-order chi connectivity index (χ1) is 7.20. The molecular formula is C10H18N2O3. The summed E-state index contributed by atoms with van der Waals surface area (Å²) >= 11 is 0. The van der Waals surface area contributed by atoms with Crippen LogP contribution in [0.5, 0.6) is 0 Å². The maximum atomic E-state index is 10.7. The molecule has 0 bridgehead atoms. The van der Waals surface area contributed by atoms with Crippen LogP contribution in [-0.2, 0) is 9.59 Å². The smallest absolute Gasteiger partial charge is 0.394 e. The molecule has 0 aliphatic carbocycles. The number of likely N-dealkylation sites (tertiary alicyclic amines) is 1. The first-order valence-electron chi connectivity index (χ1n) is 5.43. The molecular weight excluding hydrogens is 196 g/mol. The Hall–Kier alpha value is -1.10. The highest BCUT2D eigenvalue weighted by atomic mass is 16.4. The second-order valence-corrected chi connectivity index (χ2v) is 3.82. The zero-order valence-corrected chi connectivity index (χ0v) is 8.87. The summed E-state index contributed by atoms with van der Waals surface area (Å²) < 4.78 is 0. The van der Waals surface area contributed by atoms with Gasteiger partial charge in [-0.25, -0.2) is 4.79 Å². The van der Waals surface area contributed by atoms with Gasteiger partial charge in [-0.2, -0.15) is 0 Å². The van der Waals surface area contributed by atoms with Crippen LogP contribution in [0, 0.1) is 0 Å². The molecule has 15 heavy (non-hydrogen) atoms. The van der Waals surface area contributed by atoms with E-state index in [4.69, 9.17) is 5.11 Å². The van der Waals surface area contributed by atoms with Crippen LogP contribution in [-0.4, -0.2) is 48.1 Å². The van der Waals surface area contributed by atoms with E-state index < -0.39 is 11.9 Å². The number of carboxylic acid groups (broad SMARTS) is 1. The topological polar surface area (TPSA) is 69.6 Å². The molecule has 1 rings (SSSR count). The highest BCUT2D eigenvalue weighted by molar-refractivity contribution is 6.31. The number of carbonyl (C=O) groups is 2. The lowest BCUT2D eigenvalue weighted by molar-refractivity contribution is -0.150. The Balaban J connectivity index is 2.13. The average Bonchev–Trinajstić information content (AvgIpc) is 2.46. The van der Waals surface area contributed by atoms with E-state index in [1.807, 2.05) is 0 Å². The van der Waals surface area contributed by atoms with E-state index in [0.717, 1.165) is 19.6 Å². The van der Waals surface area contributed by atoms with Crippen molar-refractivity contribution < 1.29 is 14.7 Å². The maximum absolute atomic E-state index is 10.7. The van der Waals surface area contributed by atoms with Gasteiger partial charge in [0.2, 0.25) is 0 Å². The quantitative estimate of drug-likeness (QED) is 0.652. The second kappa shape index (κ2) is 6.40. The fraction of sp³-hybridized carbons (Fsp3) is 0.800. The predicted molar refractivity (Wildman–Crippen MR) is 55.6 cm³/mol. The molecule has 5 heteroatoms. The fourth-order valence-electron chi connectivity index (χ4n) is 1.76. The molecule has 0 aromatic carbocycles. The van der Waals surface area contributed by atoms with Crippen molar-refractivity contribution in [1.29, 1.82) is 0 Å². The average molecular weight is 214 g/mol. The van der Waals surface area contributed by atoms with E-state index in [2.05, 4.69) is 10.2 Å². The zero-order chi connectivity index (χ0) is 11.1. The van der Waals surface area contributed by atoms with Gasteiger partial charge in [0.15, 0.2) is 0 Å². The molecule has 1 aliphatic rings. The van der Waals surface area contributed by atoms with Gasteiger partial charge in [-0.3, -0.25) is 4.79 Å². The molecule has 5 nitrogen and oxygen atoms in total. The van der Waals surface area contributed by atoms with Gasteiger partial charge in [-0.1, -0.05) is 12.8 Å². The molecule has 0 saturated carbocycles. The minimum atomic E-state index is -1.41. The molecule has 0 aromatic heterocycles. The summed E-state index contributed by atoms with van der Waals surface area (Å²) in [6.07, 6.45) is 4.95. The number of amides is 1. The van der Waals surface area contributed by atoms with Gasteiger partial charge in [-0.15, -0.1) is 0 Å². The van der Waals surface area contributed by atoms with E-state index in [1.165, 1.54) is 25.7 Å². The lowest BCUT2D eigenvalue weighted by Crippen LogP contribution is -2.38. The Kier molecular flexibility index (Phi) is 5.10. The number of nitrogens with zero attached hydrogens (tertiary/aromatic N) is 1. The van der Waals surface area contributed by atoms with Gasteiger partial charge in [0.25, 0.3) is 0 Å². The summed E-state index contributed by atoms with van der Waals surface area (Å²) in [6, 6.07) is 0. The van der Waals surface area contributed by atoms with Gasteiger partial charge in [0.1, 0.15) is 0 Å². The summed E-state index contributed by atoms with van der Waals surface area (Å²) in [6.45, 7) is 3.29. The molecule has 2 N–H and O–H groups in total. The van der Waals surface area contributed by atoms with Crippen LogP contribution < -0.4 is 5.32 Å². The first-order valence-corrected chi connectivity index (χ1v) is 5.43. The monoisotopic (exact) mass is 214 g/mol. The molecule has 0 radical (unpaired) electrons. The number of nitrogens with one attached hydrogen (secondary N) is 1. The SMILES string of the molecule is O=C(O)C(=O)NCCN1CCCCCC1. The van der Waals surface area contributed by atoms with Crippen molar-refractivity contribution in [2.45, 2.75) is 25.7 Å². The van der Waals surface area contributed by atoms with Crippen molar-refractivity contribution in [3.63, 3.8) is 0 Å². The molecule has 1 aliphatic heterocycles. The van der Waals surface area contributed by atoms with E-state index in [9.17, 15) is 9.59 Å². The highest BCUT2D eigenvalue weighted by Crippen LogP contribution is 2.08. The number of rotatable bonds is 3. The van der Waals surface area contributed by atoms with Crippen LogP contribution in [0.2, 0.25) is 0 Å². The molecule has 1 amide bonds. The first kappa shape index (κ1) is 12.0. The van der Waals surface area contributed by atoms with Crippen LogP contribution in [0.25, 0.3) is 0 Å². The van der Waals surface area contributed by atoms with Crippen LogP contribution in [0.1, 0.15) is 25.7 Å². The number of carboxylic acids is 1. The minimum Gasteiger partial charge on any atom is -0.474 e. The highest BCUT2D eigenvalue weighted by Gasteiger charge is 2.12. The normalized spacial score (nSPS) is 18.1. The van der Waals surface area contributed by atoms with Gasteiger partial charge >= 0.3 is 11.9 Å². The van der Waals surface area contributed by atoms with Crippen molar-refractivity contribution in [3.05, 3.63) is 0 Å². The molecule has 0 aromatic rings. The largest absolute Gasteiger partial charge is 0.474 e. The molecule has 1 saturated heterocycles. The Bertz CT molecular complexity index is 223. The van der Waals surface area contributed by atoms with Gasteiger partial charge < -0.3 is 15.3 Å². The molecule has 0 unspecified atom stereocenters. The van der Waals surface area contributed by atoms with Gasteiger partial charge in [-0.05, 0) is 25.9 Å². The third-order valence-electron chi connectivity index (χ3n) is 2.61. The second-order valence-electron chi connectivity index (χ2n) is 3.82. The van der Waals surface area contributed by atoms with Crippen LogP contribution in [0.3, 0.4) is 0 Å². The zero-order valence-electron chi connectivity index (χ0n) is 8.87. The summed E-state index contributed by atoms with van der Waals surface area (Å²) in [7, 11) is 0. The molecule has 1 fully saturated rings. The maximum Gasteiger partial charge on any atom is 0.394 e. The Labute approximate surface area is 89.4 Å². The minimum absolute atomic E-state index is 0.422. The summed E-state index contributed by atoms with van der Waals surface area (Å²) in [5, 5.41) is 10.7. The Morgan fingerprint density at radius 1 is 1.13 bits per heavy atom.